The Balaban J connectivity index is 1.62. The van der Waals surface area contributed by atoms with E-state index < -0.39 is 24.1 Å². The number of amides is 3. The normalized spacial score (nSPS) is 25.5. The molecule has 140 valence electrons. The molecule has 3 amide bonds. The first-order valence-electron chi connectivity index (χ1n) is 8.57. The fourth-order valence-electron chi connectivity index (χ4n) is 3.61. The van der Waals surface area contributed by atoms with Crippen LogP contribution >= 0.6 is 23.2 Å². The summed E-state index contributed by atoms with van der Waals surface area (Å²) in [6, 6.07) is 4.31. The fraction of sp³-hybridized carbons (Fsp3) is 0.500. The summed E-state index contributed by atoms with van der Waals surface area (Å²) in [5.41, 5.74) is -0.284. The molecular formula is C18H20Cl2N2O4. The summed E-state index contributed by atoms with van der Waals surface area (Å²) in [6.45, 7) is 1.49. The Morgan fingerprint density at radius 2 is 2.12 bits per heavy atom. The van der Waals surface area contributed by atoms with Gasteiger partial charge in [0.05, 0.1) is 0 Å². The summed E-state index contributed by atoms with van der Waals surface area (Å²) in [4.78, 5) is 38.1. The van der Waals surface area contributed by atoms with Crippen LogP contribution in [0.3, 0.4) is 0 Å². The molecule has 0 aromatic heterocycles. The Hall–Kier alpha value is -1.79. The number of halogens is 2. The van der Waals surface area contributed by atoms with Gasteiger partial charge in [-0.05, 0) is 30.9 Å². The lowest BCUT2D eigenvalue weighted by Gasteiger charge is -2.36. The molecule has 1 aromatic carbocycles. The Morgan fingerprint density at radius 3 is 2.81 bits per heavy atom. The molecule has 2 fully saturated rings. The summed E-state index contributed by atoms with van der Waals surface area (Å²) >= 11 is 11.9. The fourth-order valence-corrected chi connectivity index (χ4v) is 4.07. The molecule has 1 aromatic rings. The first kappa shape index (κ1) is 19.0. The molecule has 1 heterocycles. The molecule has 2 aliphatic rings. The van der Waals surface area contributed by atoms with Crippen LogP contribution in [0.4, 0.5) is 4.79 Å². The van der Waals surface area contributed by atoms with Crippen LogP contribution in [-0.4, -0.2) is 34.9 Å². The van der Waals surface area contributed by atoms with E-state index in [0.29, 0.717) is 22.0 Å². The number of benzene rings is 1. The summed E-state index contributed by atoms with van der Waals surface area (Å²) in [5.74, 6) is -0.960. The SMILES string of the molecule is C[C@H]1CCCC[C@@]12NC(=O)N(CC(=O)OCc1ccc(Cl)cc1Cl)C2=O. The van der Waals surface area contributed by atoms with Gasteiger partial charge in [0, 0.05) is 15.6 Å². The maximum absolute atomic E-state index is 12.8. The zero-order chi connectivity index (χ0) is 18.9. The second-order valence-electron chi connectivity index (χ2n) is 6.84. The topological polar surface area (TPSA) is 75.7 Å². The summed E-state index contributed by atoms with van der Waals surface area (Å²) < 4.78 is 5.17. The second-order valence-corrected chi connectivity index (χ2v) is 7.68. The number of rotatable bonds is 4. The predicted octanol–water partition coefficient (Wildman–Crippen LogP) is 3.54. The number of nitrogens with zero attached hydrogens (tertiary/aromatic N) is 1. The van der Waals surface area contributed by atoms with Crippen molar-refractivity contribution in [3.8, 4) is 0 Å². The standard InChI is InChI=1S/C18H20Cl2N2O4/c1-11-4-2-3-7-18(11)16(24)22(17(25)21-18)9-15(23)26-10-12-5-6-13(19)8-14(12)20/h5-6,8,11H,2-4,7,9-10H2,1H3,(H,21,25)/t11-,18+/m0/s1. The van der Waals surface area contributed by atoms with Gasteiger partial charge in [0.2, 0.25) is 0 Å². The molecule has 1 aliphatic carbocycles. The van der Waals surface area contributed by atoms with Crippen molar-refractivity contribution in [3.63, 3.8) is 0 Å². The van der Waals surface area contributed by atoms with Gasteiger partial charge in [0.1, 0.15) is 18.7 Å². The molecule has 1 spiro atoms. The molecule has 1 saturated carbocycles. The average molecular weight is 399 g/mol. The molecular weight excluding hydrogens is 379 g/mol. The lowest BCUT2D eigenvalue weighted by molar-refractivity contribution is -0.149. The van der Waals surface area contributed by atoms with Gasteiger partial charge in [-0.15, -0.1) is 0 Å². The third-order valence-corrected chi connectivity index (χ3v) is 5.78. The van der Waals surface area contributed by atoms with Crippen LogP contribution in [0.1, 0.15) is 38.2 Å². The van der Waals surface area contributed by atoms with E-state index in [2.05, 4.69) is 5.32 Å². The zero-order valence-corrected chi connectivity index (χ0v) is 15.9. The number of carbonyl (C=O) groups is 3. The van der Waals surface area contributed by atoms with Gasteiger partial charge in [0.15, 0.2) is 0 Å². The Labute approximate surface area is 161 Å². The van der Waals surface area contributed by atoms with Crippen molar-refractivity contribution in [2.24, 2.45) is 5.92 Å². The lowest BCUT2D eigenvalue weighted by atomic mass is 9.73. The van der Waals surface area contributed by atoms with Crippen molar-refractivity contribution in [1.29, 1.82) is 0 Å². The minimum absolute atomic E-state index is 0.0431. The van der Waals surface area contributed by atoms with Gasteiger partial charge in [-0.25, -0.2) is 4.79 Å². The van der Waals surface area contributed by atoms with Gasteiger partial charge in [-0.1, -0.05) is 49.0 Å². The highest BCUT2D eigenvalue weighted by Crippen LogP contribution is 2.38. The largest absolute Gasteiger partial charge is 0.459 e. The van der Waals surface area contributed by atoms with Crippen LogP contribution in [-0.2, 0) is 20.9 Å². The molecule has 2 atom stereocenters. The number of imide groups is 1. The van der Waals surface area contributed by atoms with E-state index in [0.717, 1.165) is 24.2 Å². The number of nitrogens with one attached hydrogen (secondary N) is 1. The maximum atomic E-state index is 12.8. The van der Waals surface area contributed by atoms with Crippen LogP contribution in [0.15, 0.2) is 18.2 Å². The first-order chi connectivity index (χ1) is 12.3. The average Bonchev–Trinajstić information content (AvgIpc) is 2.82. The van der Waals surface area contributed by atoms with E-state index >= 15 is 0 Å². The molecule has 1 aliphatic heterocycles. The summed E-state index contributed by atoms with van der Waals surface area (Å²) in [7, 11) is 0. The number of hydrogen-bond acceptors (Lipinski definition) is 4. The quantitative estimate of drug-likeness (QED) is 0.621. The van der Waals surface area contributed by atoms with Crippen molar-refractivity contribution in [3.05, 3.63) is 33.8 Å². The number of carbonyl (C=O) groups excluding carboxylic acids is 3. The van der Waals surface area contributed by atoms with Gasteiger partial charge in [0.25, 0.3) is 5.91 Å². The van der Waals surface area contributed by atoms with Gasteiger partial charge >= 0.3 is 12.0 Å². The monoisotopic (exact) mass is 398 g/mol. The smallest absolute Gasteiger partial charge is 0.326 e. The second kappa shape index (κ2) is 7.45. The minimum Gasteiger partial charge on any atom is -0.459 e. The van der Waals surface area contributed by atoms with E-state index in [1.807, 2.05) is 6.92 Å². The van der Waals surface area contributed by atoms with Crippen LogP contribution < -0.4 is 5.32 Å². The molecule has 3 rings (SSSR count). The number of urea groups is 1. The van der Waals surface area contributed by atoms with Crippen molar-refractivity contribution in [2.75, 3.05) is 6.54 Å². The molecule has 1 N–H and O–H groups in total. The Morgan fingerprint density at radius 1 is 1.35 bits per heavy atom. The molecule has 6 nitrogen and oxygen atoms in total. The molecule has 0 bridgehead atoms. The minimum atomic E-state index is -0.880. The molecule has 0 unspecified atom stereocenters. The van der Waals surface area contributed by atoms with Crippen LogP contribution in [0.25, 0.3) is 0 Å². The molecule has 0 radical (unpaired) electrons. The number of hydrogen-bond donors (Lipinski definition) is 1. The highest BCUT2D eigenvalue weighted by Gasteiger charge is 2.55. The number of ether oxygens (including phenoxy) is 1. The van der Waals surface area contributed by atoms with Crippen LogP contribution in [0.2, 0.25) is 10.0 Å². The zero-order valence-electron chi connectivity index (χ0n) is 14.4. The van der Waals surface area contributed by atoms with Gasteiger partial charge in [-0.2, -0.15) is 0 Å². The van der Waals surface area contributed by atoms with Crippen molar-refractivity contribution >= 4 is 41.1 Å². The van der Waals surface area contributed by atoms with Gasteiger partial charge < -0.3 is 10.1 Å². The lowest BCUT2D eigenvalue weighted by Crippen LogP contribution is -2.54. The first-order valence-corrected chi connectivity index (χ1v) is 9.33. The van der Waals surface area contributed by atoms with Gasteiger partial charge in [-0.3, -0.25) is 14.5 Å². The molecule has 1 saturated heterocycles. The van der Waals surface area contributed by atoms with Crippen molar-refractivity contribution < 1.29 is 19.1 Å². The molecule has 26 heavy (non-hydrogen) atoms. The van der Waals surface area contributed by atoms with E-state index in [1.54, 1.807) is 18.2 Å². The predicted molar refractivity (Wildman–Crippen MR) is 96.9 cm³/mol. The Kier molecular flexibility index (Phi) is 5.44. The van der Waals surface area contributed by atoms with E-state index in [9.17, 15) is 14.4 Å². The third kappa shape index (κ3) is 3.53. The summed E-state index contributed by atoms with van der Waals surface area (Å²) in [5, 5.41) is 3.67. The Bertz CT molecular complexity index is 755. The third-order valence-electron chi connectivity index (χ3n) is 5.19. The van der Waals surface area contributed by atoms with E-state index in [4.69, 9.17) is 27.9 Å². The number of esters is 1. The van der Waals surface area contributed by atoms with Crippen molar-refractivity contribution in [1.82, 2.24) is 10.2 Å². The van der Waals surface area contributed by atoms with Crippen molar-refractivity contribution in [2.45, 2.75) is 44.8 Å². The molecule has 8 heteroatoms. The van der Waals surface area contributed by atoms with Crippen LogP contribution in [0, 0.1) is 5.92 Å². The van der Waals surface area contributed by atoms with Crippen LogP contribution in [0.5, 0.6) is 0 Å². The summed E-state index contributed by atoms with van der Waals surface area (Å²) in [6.07, 6.45) is 3.39. The maximum Gasteiger partial charge on any atom is 0.326 e. The van der Waals surface area contributed by atoms with E-state index in [-0.39, 0.29) is 18.4 Å². The van der Waals surface area contributed by atoms with E-state index in [1.165, 1.54) is 0 Å². The highest BCUT2D eigenvalue weighted by molar-refractivity contribution is 6.35. The highest BCUT2D eigenvalue weighted by atomic mass is 35.5.